The molecular weight excluding hydrogens is 427 g/mol. The van der Waals surface area contributed by atoms with Crippen molar-refractivity contribution in [3.63, 3.8) is 0 Å². The fraction of sp³-hybridized carbons (Fsp3) is 0.286. The van der Waals surface area contributed by atoms with Gasteiger partial charge in [0.05, 0.1) is 28.2 Å². The van der Waals surface area contributed by atoms with E-state index in [-0.39, 0.29) is 18.2 Å². The highest BCUT2D eigenvalue weighted by Gasteiger charge is 2.40. The van der Waals surface area contributed by atoms with Crippen LogP contribution >= 0.6 is 23.2 Å². The van der Waals surface area contributed by atoms with Crippen LogP contribution in [0.25, 0.3) is 11.0 Å². The van der Waals surface area contributed by atoms with Gasteiger partial charge in [0.2, 0.25) is 11.9 Å². The molecule has 3 aromatic rings. The Bertz CT molecular complexity index is 1110. The van der Waals surface area contributed by atoms with E-state index in [1.165, 1.54) is 0 Å². The number of hydrogen-bond acceptors (Lipinski definition) is 4. The number of nitrogens with zero attached hydrogens (tertiary/aromatic N) is 3. The summed E-state index contributed by atoms with van der Waals surface area (Å²) >= 11 is 12.1. The molecule has 0 saturated carbocycles. The van der Waals surface area contributed by atoms with Crippen molar-refractivity contribution in [1.82, 2.24) is 9.55 Å². The van der Waals surface area contributed by atoms with E-state index in [1.54, 1.807) is 30.2 Å². The summed E-state index contributed by atoms with van der Waals surface area (Å²) in [7, 11) is 1.62. The van der Waals surface area contributed by atoms with Crippen LogP contribution < -0.4 is 10.2 Å². The van der Waals surface area contributed by atoms with Crippen LogP contribution in [0.1, 0.15) is 18.9 Å². The molecule has 0 aliphatic carbocycles. The van der Waals surface area contributed by atoms with Crippen molar-refractivity contribution >= 4 is 57.7 Å². The first kappa shape index (κ1) is 20.7. The number of carbonyl (C=O) groups excluding carboxylic acids is 2. The Morgan fingerprint density at radius 3 is 2.80 bits per heavy atom. The molecule has 4 rings (SSSR count). The maximum Gasteiger partial charge on any atom is 0.253 e. The van der Waals surface area contributed by atoms with Crippen molar-refractivity contribution in [3.05, 3.63) is 52.5 Å². The number of benzene rings is 2. The van der Waals surface area contributed by atoms with E-state index < -0.39 is 6.04 Å². The number of halogens is 2. The largest absolute Gasteiger partial charge is 0.385 e. The van der Waals surface area contributed by atoms with Crippen molar-refractivity contribution < 1.29 is 14.3 Å². The number of ether oxygens (including phenoxy) is 1. The zero-order valence-corrected chi connectivity index (χ0v) is 17.8. The van der Waals surface area contributed by atoms with Crippen LogP contribution in [0.5, 0.6) is 0 Å². The summed E-state index contributed by atoms with van der Waals surface area (Å²) in [6.07, 6.45) is 0.636. The number of fused-ring (bicyclic) bond motifs is 3. The van der Waals surface area contributed by atoms with Crippen LogP contribution in [-0.4, -0.2) is 41.6 Å². The SMILES string of the molecule is COCCCN1C(=O)[C@@H](CC(=O)Nc2ccc(Cl)cc2Cl)n2c1nc1ccccc12. The summed E-state index contributed by atoms with van der Waals surface area (Å²) < 4.78 is 6.95. The lowest BCUT2D eigenvalue weighted by atomic mass is 10.1. The van der Waals surface area contributed by atoms with Gasteiger partial charge in [0.1, 0.15) is 6.04 Å². The zero-order valence-electron chi connectivity index (χ0n) is 16.3. The van der Waals surface area contributed by atoms with Gasteiger partial charge in [-0.25, -0.2) is 4.98 Å². The van der Waals surface area contributed by atoms with Crippen LogP contribution in [0.3, 0.4) is 0 Å². The molecule has 0 bridgehead atoms. The minimum atomic E-state index is -0.680. The molecule has 1 aromatic heterocycles. The number of para-hydroxylation sites is 2. The molecule has 2 aromatic carbocycles. The number of rotatable bonds is 7. The quantitative estimate of drug-likeness (QED) is 0.548. The first-order chi connectivity index (χ1) is 14.5. The van der Waals surface area contributed by atoms with Gasteiger partial charge >= 0.3 is 0 Å². The predicted molar refractivity (Wildman–Crippen MR) is 117 cm³/mol. The van der Waals surface area contributed by atoms with Gasteiger partial charge in [-0.05, 0) is 36.8 Å². The van der Waals surface area contributed by atoms with E-state index in [1.807, 2.05) is 28.8 Å². The number of aromatic nitrogens is 2. The Morgan fingerprint density at radius 1 is 1.23 bits per heavy atom. The van der Waals surface area contributed by atoms with E-state index in [0.717, 1.165) is 11.0 Å². The molecule has 0 spiro atoms. The fourth-order valence-electron chi connectivity index (χ4n) is 3.64. The number of imidazole rings is 1. The van der Waals surface area contributed by atoms with Gasteiger partial charge in [0.15, 0.2) is 0 Å². The third kappa shape index (κ3) is 3.88. The summed E-state index contributed by atoms with van der Waals surface area (Å²) in [5, 5.41) is 3.58. The standard InChI is InChI=1S/C21H20Cl2N4O3/c1-30-10-4-9-26-20(29)18(27-17-6-3-2-5-16(17)25-21(26)27)12-19(28)24-15-8-7-13(22)11-14(15)23/h2-3,5-8,11,18H,4,9-10,12H2,1H3,(H,24,28)/t18-/m1/s1. The lowest BCUT2D eigenvalue weighted by Gasteiger charge is -2.16. The molecule has 1 aliphatic heterocycles. The van der Waals surface area contributed by atoms with Crippen LogP contribution in [0, 0.1) is 0 Å². The van der Waals surface area contributed by atoms with Crippen LogP contribution in [0.15, 0.2) is 42.5 Å². The highest BCUT2D eigenvalue weighted by molar-refractivity contribution is 6.36. The Balaban J connectivity index is 1.61. The molecule has 2 amide bonds. The number of methoxy groups -OCH3 is 1. The summed E-state index contributed by atoms with van der Waals surface area (Å²) in [6.45, 7) is 1.00. The zero-order chi connectivity index (χ0) is 21.3. The van der Waals surface area contributed by atoms with Gasteiger partial charge in [-0.3, -0.25) is 19.1 Å². The lowest BCUT2D eigenvalue weighted by Crippen LogP contribution is -2.32. The second kappa shape index (κ2) is 8.63. The Kier molecular flexibility index (Phi) is 5.94. The normalized spacial score (nSPS) is 15.6. The first-order valence-corrected chi connectivity index (χ1v) is 10.3. The lowest BCUT2D eigenvalue weighted by molar-refractivity contribution is -0.124. The highest BCUT2D eigenvalue weighted by atomic mass is 35.5. The van der Waals surface area contributed by atoms with Gasteiger partial charge in [0.25, 0.3) is 5.91 Å². The molecule has 1 aliphatic rings. The molecular formula is C21H20Cl2N4O3. The van der Waals surface area contributed by atoms with Gasteiger partial charge in [-0.1, -0.05) is 35.3 Å². The van der Waals surface area contributed by atoms with E-state index in [0.29, 0.717) is 41.3 Å². The molecule has 0 radical (unpaired) electrons. The average Bonchev–Trinajstić information content (AvgIpc) is 3.20. The van der Waals surface area contributed by atoms with Gasteiger partial charge in [0, 0.05) is 25.3 Å². The number of hydrogen-bond donors (Lipinski definition) is 1. The summed E-state index contributed by atoms with van der Waals surface area (Å²) in [4.78, 5) is 32.2. The van der Waals surface area contributed by atoms with Crippen molar-refractivity contribution in [3.8, 4) is 0 Å². The van der Waals surface area contributed by atoms with Crippen molar-refractivity contribution in [1.29, 1.82) is 0 Å². The molecule has 1 atom stereocenters. The maximum atomic E-state index is 13.2. The van der Waals surface area contributed by atoms with E-state index in [9.17, 15) is 9.59 Å². The van der Waals surface area contributed by atoms with Crippen molar-refractivity contribution in [2.45, 2.75) is 18.9 Å². The van der Waals surface area contributed by atoms with Crippen molar-refractivity contribution in [2.75, 3.05) is 30.5 Å². The van der Waals surface area contributed by atoms with Crippen LogP contribution in [-0.2, 0) is 14.3 Å². The second-order valence-electron chi connectivity index (χ2n) is 7.00. The van der Waals surface area contributed by atoms with Gasteiger partial charge in [-0.15, -0.1) is 0 Å². The average molecular weight is 447 g/mol. The molecule has 2 heterocycles. The molecule has 1 N–H and O–H groups in total. The second-order valence-corrected chi connectivity index (χ2v) is 7.84. The molecule has 0 fully saturated rings. The number of nitrogens with one attached hydrogen (secondary N) is 1. The number of carbonyl (C=O) groups is 2. The van der Waals surface area contributed by atoms with E-state index in [4.69, 9.17) is 27.9 Å². The Morgan fingerprint density at radius 2 is 2.03 bits per heavy atom. The smallest absolute Gasteiger partial charge is 0.253 e. The van der Waals surface area contributed by atoms with E-state index >= 15 is 0 Å². The molecule has 0 unspecified atom stereocenters. The Hall–Kier alpha value is -2.61. The molecule has 30 heavy (non-hydrogen) atoms. The maximum absolute atomic E-state index is 13.2. The minimum absolute atomic E-state index is 0.0358. The summed E-state index contributed by atoms with van der Waals surface area (Å²) in [6, 6.07) is 11.7. The first-order valence-electron chi connectivity index (χ1n) is 9.52. The van der Waals surface area contributed by atoms with Crippen molar-refractivity contribution in [2.24, 2.45) is 0 Å². The molecule has 9 heteroatoms. The summed E-state index contributed by atoms with van der Waals surface area (Å²) in [5.41, 5.74) is 2.05. The fourth-order valence-corrected chi connectivity index (χ4v) is 4.10. The van der Waals surface area contributed by atoms with Gasteiger partial charge in [-0.2, -0.15) is 0 Å². The van der Waals surface area contributed by atoms with Crippen LogP contribution in [0.4, 0.5) is 11.6 Å². The Labute approximate surface area is 183 Å². The minimum Gasteiger partial charge on any atom is -0.385 e. The third-order valence-corrected chi connectivity index (χ3v) is 5.54. The molecule has 7 nitrogen and oxygen atoms in total. The van der Waals surface area contributed by atoms with Crippen LogP contribution in [0.2, 0.25) is 10.0 Å². The van der Waals surface area contributed by atoms with E-state index in [2.05, 4.69) is 10.3 Å². The molecule has 156 valence electrons. The predicted octanol–water partition coefficient (Wildman–Crippen LogP) is 4.30. The van der Waals surface area contributed by atoms with Gasteiger partial charge < -0.3 is 10.1 Å². The highest BCUT2D eigenvalue weighted by Crippen LogP contribution is 2.37. The monoisotopic (exact) mass is 446 g/mol. The topological polar surface area (TPSA) is 76.5 Å². The number of anilines is 2. The third-order valence-electron chi connectivity index (χ3n) is 5.00. The molecule has 0 saturated heterocycles. The number of amides is 2. The summed E-state index contributed by atoms with van der Waals surface area (Å²) in [5.74, 6) is 0.0800.